The first-order chi connectivity index (χ1) is 10.0. The van der Waals surface area contributed by atoms with E-state index in [1.807, 2.05) is 11.8 Å². The van der Waals surface area contributed by atoms with Gasteiger partial charge in [0.15, 0.2) is 0 Å². The molecule has 1 fully saturated rings. The van der Waals surface area contributed by atoms with Gasteiger partial charge in [-0.25, -0.2) is 4.98 Å². The second-order valence-corrected chi connectivity index (χ2v) is 6.67. The Morgan fingerprint density at radius 2 is 2.38 bits per heavy atom. The summed E-state index contributed by atoms with van der Waals surface area (Å²) in [6.45, 7) is 2.09. The Morgan fingerprint density at radius 1 is 1.62 bits per heavy atom. The Kier molecular flexibility index (Phi) is 5.41. The maximum Gasteiger partial charge on any atom is 0.288 e. The quantitative estimate of drug-likeness (QED) is 0.510. The number of hydrogen-bond acceptors (Lipinski definition) is 5. The molecule has 2 atom stereocenters. The van der Waals surface area contributed by atoms with Crippen molar-refractivity contribution in [1.29, 1.82) is 0 Å². The molecule has 1 aliphatic carbocycles. The summed E-state index contributed by atoms with van der Waals surface area (Å²) >= 11 is 7.70. The van der Waals surface area contributed by atoms with Crippen LogP contribution in [0, 0.1) is 10.1 Å². The molecule has 2 rings (SSSR count). The monoisotopic (exact) mass is 329 g/mol. The predicted octanol–water partition coefficient (Wildman–Crippen LogP) is 3.05. The maximum atomic E-state index is 12.3. The first-order valence-electron chi connectivity index (χ1n) is 6.75. The van der Waals surface area contributed by atoms with E-state index in [2.05, 4.69) is 17.2 Å². The maximum absolute atomic E-state index is 12.3. The second kappa shape index (κ2) is 7.09. The van der Waals surface area contributed by atoms with E-state index in [1.165, 1.54) is 6.07 Å². The topological polar surface area (TPSA) is 85.1 Å². The van der Waals surface area contributed by atoms with Gasteiger partial charge in [0.1, 0.15) is 11.3 Å². The number of amides is 1. The van der Waals surface area contributed by atoms with Crippen LogP contribution in [0.5, 0.6) is 0 Å². The highest BCUT2D eigenvalue weighted by Gasteiger charge is 2.29. The minimum Gasteiger partial charge on any atom is -0.348 e. The summed E-state index contributed by atoms with van der Waals surface area (Å²) in [5, 5.41) is 14.1. The molecule has 0 aromatic carbocycles. The number of carbonyl (C=O) groups is 1. The molecule has 1 N–H and O–H groups in total. The Morgan fingerprint density at radius 3 is 3.05 bits per heavy atom. The molecule has 0 radical (unpaired) electrons. The minimum absolute atomic E-state index is 0.0178. The average molecular weight is 330 g/mol. The van der Waals surface area contributed by atoms with E-state index < -0.39 is 10.8 Å². The zero-order chi connectivity index (χ0) is 15.4. The SMILES string of the molecule is CCSC1CCCC1NC(=O)c1cc([N+](=O)[O-])cnc1Cl. The Bertz CT molecular complexity index is 555. The van der Waals surface area contributed by atoms with Crippen molar-refractivity contribution < 1.29 is 9.72 Å². The molecule has 2 unspecified atom stereocenters. The summed E-state index contributed by atoms with van der Waals surface area (Å²) < 4.78 is 0. The van der Waals surface area contributed by atoms with E-state index in [1.54, 1.807) is 0 Å². The average Bonchev–Trinajstić information content (AvgIpc) is 2.86. The summed E-state index contributed by atoms with van der Waals surface area (Å²) in [7, 11) is 0. The van der Waals surface area contributed by atoms with Gasteiger partial charge in [0, 0.05) is 17.4 Å². The fourth-order valence-corrected chi connectivity index (χ4v) is 3.83. The molecule has 0 aliphatic heterocycles. The number of nitro groups is 1. The number of nitrogens with one attached hydrogen (secondary N) is 1. The summed E-state index contributed by atoms with van der Waals surface area (Å²) in [5.74, 6) is 0.598. The molecule has 1 aromatic rings. The smallest absolute Gasteiger partial charge is 0.288 e. The first kappa shape index (κ1) is 16.0. The first-order valence-corrected chi connectivity index (χ1v) is 8.18. The van der Waals surface area contributed by atoms with Crippen molar-refractivity contribution in [2.75, 3.05) is 5.75 Å². The number of thioether (sulfide) groups is 1. The molecule has 1 heterocycles. The molecule has 21 heavy (non-hydrogen) atoms. The molecule has 0 bridgehead atoms. The Hall–Kier alpha value is -1.34. The van der Waals surface area contributed by atoms with Crippen LogP contribution in [-0.2, 0) is 0 Å². The number of hydrogen-bond donors (Lipinski definition) is 1. The molecule has 1 amide bonds. The Labute approximate surface area is 131 Å². The zero-order valence-electron chi connectivity index (χ0n) is 11.5. The van der Waals surface area contributed by atoms with Crippen LogP contribution in [-0.4, -0.2) is 32.9 Å². The lowest BCUT2D eigenvalue weighted by atomic mass is 10.2. The highest BCUT2D eigenvalue weighted by atomic mass is 35.5. The lowest BCUT2D eigenvalue weighted by molar-refractivity contribution is -0.385. The van der Waals surface area contributed by atoms with E-state index in [0.717, 1.165) is 31.2 Å². The van der Waals surface area contributed by atoms with Gasteiger partial charge in [0.05, 0.1) is 10.5 Å². The van der Waals surface area contributed by atoms with Crippen molar-refractivity contribution in [1.82, 2.24) is 10.3 Å². The van der Waals surface area contributed by atoms with Gasteiger partial charge < -0.3 is 5.32 Å². The van der Waals surface area contributed by atoms with E-state index >= 15 is 0 Å². The van der Waals surface area contributed by atoms with Gasteiger partial charge in [-0.05, 0) is 18.6 Å². The summed E-state index contributed by atoms with van der Waals surface area (Å²) in [6, 6.07) is 1.25. The standard InChI is InChI=1S/C13H16ClN3O3S/c1-2-21-11-5-3-4-10(11)16-13(18)9-6-8(17(19)20)7-15-12(9)14/h6-7,10-11H,2-5H2,1H3,(H,16,18). The lowest BCUT2D eigenvalue weighted by Gasteiger charge is -2.20. The number of carbonyl (C=O) groups excluding carboxylic acids is 1. The molecule has 1 saturated carbocycles. The van der Waals surface area contributed by atoms with Crippen molar-refractivity contribution >= 4 is 35.0 Å². The van der Waals surface area contributed by atoms with Crippen LogP contribution in [0.15, 0.2) is 12.3 Å². The van der Waals surface area contributed by atoms with Gasteiger partial charge >= 0.3 is 0 Å². The van der Waals surface area contributed by atoms with E-state index in [4.69, 9.17) is 11.6 Å². The predicted molar refractivity (Wildman–Crippen MR) is 82.9 cm³/mol. The third-order valence-electron chi connectivity index (χ3n) is 3.43. The Balaban J connectivity index is 2.13. The van der Waals surface area contributed by atoms with E-state index in [-0.39, 0.29) is 22.4 Å². The molecule has 1 aliphatic rings. The lowest BCUT2D eigenvalue weighted by Crippen LogP contribution is -2.39. The number of nitrogens with zero attached hydrogens (tertiary/aromatic N) is 2. The molecule has 6 nitrogen and oxygen atoms in total. The normalized spacial score (nSPS) is 21.2. The molecule has 0 saturated heterocycles. The van der Waals surface area contributed by atoms with Crippen molar-refractivity contribution in [3.05, 3.63) is 33.1 Å². The van der Waals surface area contributed by atoms with Crippen LogP contribution >= 0.6 is 23.4 Å². The van der Waals surface area contributed by atoms with Crippen molar-refractivity contribution in [3.63, 3.8) is 0 Å². The minimum atomic E-state index is -0.592. The van der Waals surface area contributed by atoms with Gasteiger partial charge in [-0.15, -0.1) is 0 Å². The highest BCUT2D eigenvalue weighted by Crippen LogP contribution is 2.30. The van der Waals surface area contributed by atoms with Gasteiger partial charge in [0.2, 0.25) is 0 Å². The second-order valence-electron chi connectivity index (χ2n) is 4.79. The number of pyridine rings is 1. The van der Waals surface area contributed by atoms with Crippen LogP contribution in [0.1, 0.15) is 36.5 Å². The number of aromatic nitrogens is 1. The molecule has 8 heteroatoms. The van der Waals surface area contributed by atoms with Crippen LogP contribution in [0.2, 0.25) is 5.15 Å². The van der Waals surface area contributed by atoms with Crippen molar-refractivity contribution in [3.8, 4) is 0 Å². The summed E-state index contributed by atoms with van der Waals surface area (Å²) in [4.78, 5) is 26.2. The third-order valence-corrected chi connectivity index (χ3v) is 5.06. The molecule has 0 spiro atoms. The van der Waals surface area contributed by atoms with Gasteiger partial charge in [-0.2, -0.15) is 11.8 Å². The van der Waals surface area contributed by atoms with Crippen LogP contribution in [0.3, 0.4) is 0 Å². The summed E-state index contributed by atoms with van der Waals surface area (Å²) in [5.41, 5.74) is -0.187. The van der Waals surface area contributed by atoms with E-state index in [9.17, 15) is 14.9 Å². The molecular formula is C13H16ClN3O3S. The number of rotatable bonds is 5. The largest absolute Gasteiger partial charge is 0.348 e. The van der Waals surface area contributed by atoms with Crippen LogP contribution < -0.4 is 5.32 Å². The molecule has 114 valence electrons. The van der Waals surface area contributed by atoms with Gasteiger partial charge in [0.25, 0.3) is 11.6 Å². The van der Waals surface area contributed by atoms with E-state index in [0.29, 0.717) is 5.25 Å². The summed E-state index contributed by atoms with van der Waals surface area (Å²) in [6.07, 6.45) is 4.11. The van der Waals surface area contributed by atoms with Gasteiger partial charge in [-0.1, -0.05) is 24.9 Å². The zero-order valence-corrected chi connectivity index (χ0v) is 13.1. The van der Waals surface area contributed by atoms with Crippen LogP contribution in [0.4, 0.5) is 5.69 Å². The molecule has 1 aromatic heterocycles. The van der Waals surface area contributed by atoms with Gasteiger partial charge in [-0.3, -0.25) is 14.9 Å². The van der Waals surface area contributed by atoms with Crippen molar-refractivity contribution in [2.45, 2.75) is 37.5 Å². The number of halogens is 1. The molecular weight excluding hydrogens is 314 g/mol. The van der Waals surface area contributed by atoms with Crippen LogP contribution in [0.25, 0.3) is 0 Å². The highest BCUT2D eigenvalue weighted by molar-refractivity contribution is 7.99. The third kappa shape index (κ3) is 3.85. The van der Waals surface area contributed by atoms with Crippen molar-refractivity contribution in [2.24, 2.45) is 0 Å². The fraction of sp³-hybridized carbons (Fsp3) is 0.538. The fourth-order valence-electron chi connectivity index (χ4n) is 2.45.